The Morgan fingerprint density at radius 2 is 1.91 bits per heavy atom. The van der Waals surface area contributed by atoms with Crippen molar-refractivity contribution in [3.63, 3.8) is 0 Å². The summed E-state index contributed by atoms with van der Waals surface area (Å²) in [5.74, 6) is -2.72. The highest BCUT2D eigenvalue weighted by Gasteiger charge is 2.29. The molecule has 0 bridgehead atoms. The predicted molar refractivity (Wildman–Crippen MR) is 120 cm³/mol. The molecule has 11 heteroatoms. The number of carbonyl (C=O) groups is 2. The van der Waals surface area contributed by atoms with Gasteiger partial charge in [0, 0.05) is 26.7 Å². The second-order valence-corrected chi connectivity index (χ2v) is 11.5. The Morgan fingerprint density at radius 3 is 2.56 bits per heavy atom. The van der Waals surface area contributed by atoms with Crippen LogP contribution in [0.3, 0.4) is 0 Å². The lowest BCUT2D eigenvalue weighted by Gasteiger charge is -2.34. The number of likely N-dealkylation sites (tertiary alicyclic amines) is 1. The fourth-order valence-corrected chi connectivity index (χ4v) is 6.26. The number of benzene rings is 1. The van der Waals surface area contributed by atoms with Gasteiger partial charge >= 0.3 is 0 Å². The predicted octanol–water partition coefficient (Wildman–Crippen LogP) is 1.83. The third-order valence-corrected chi connectivity index (χ3v) is 7.71. The van der Waals surface area contributed by atoms with Crippen molar-refractivity contribution in [3.8, 4) is 0 Å². The van der Waals surface area contributed by atoms with E-state index in [1.807, 2.05) is 13.8 Å². The van der Waals surface area contributed by atoms with Gasteiger partial charge in [-0.05, 0) is 36.5 Å². The number of fused-ring (bicyclic) bond motifs is 1. The minimum absolute atomic E-state index is 0.257. The third-order valence-electron chi connectivity index (χ3n) is 5.29. The molecule has 3 rings (SSSR count). The van der Waals surface area contributed by atoms with Crippen molar-refractivity contribution in [2.45, 2.75) is 26.8 Å². The average Bonchev–Trinajstić information content (AvgIpc) is 3.00. The lowest BCUT2D eigenvalue weighted by molar-refractivity contribution is -0.131. The zero-order valence-corrected chi connectivity index (χ0v) is 20.0. The summed E-state index contributed by atoms with van der Waals surface area (Å²) in [5, 5.41) is 0. The second kappa shape index (κ2) is 10.2. The lowest BCUT2D eigenvalue weighted by atomic mass is 9.92. The summed E-state index contributed by atoms with van der Waals surface area (Å²) in [4.78, 5) is 30.8. The summed E-state index contributed by atoms with van der Waals surface area (Å²) in [5.41, 5.74) is 0.673. The van der Waals surface area contributed by atoms with Gasteiger partial charge < -0.3 is 14.2 Å². The number of aromatic nitrogens is 1. The number of rotatable bonds is 7. The number of nitrogens with zero attached hydrogens (tertiary/aromatic N) is 3. The molecule has 2 amide bonds. The standard InChI is InChI=1S/C21H28FN3O5S2/c1-14-8-15(2)11-24(10-14)20(27)13-32(28,29)12-19(26)23-21-25(6-7-30-3)17-5-4-16(22)9-18(17)31-21/h4-5,9,14-15H,6-8,10-13H2,1-3H3. The Balaban J connectivity index is 1.77. The van der Waals surface area contributed by atoms with Gasteiger partial charge in [0.2, 0.25) is 5.91 Å². The number of ether oxygens (including phenoxy) is 1. The Kier molecular flexibility index (Phi) is 7.84. The molecule has 1 aliphatic rings. The molecular weight excluding hydrogens is 457 g/mol. The molecule has 2 aromatic rings. The Bertz CT molecular complexity index is 1160. The second-order valence-electron chi connectivity index (χ2n) is 8.42. The molecule has 1 aliphatic heterocycles. The van der Waals surface area contributed by atoms with Crippen LogP contribution in [0.1, 0.15) is 20.3 Å². The van der Waals surface area contributed by atoms with Gasteiger partial charge in [-0.2, -0.15) is 4.99 Å². The molecule has 0 radical (unpaired) electrons. The van der Waals surface area contributed by atoms with Crippen molar-refractivity contribution in [1.29, 1.82) is 0 Å². The number of halogens is 1. The van der Waals surface area contributed by atoms with E-state index >= 15 is 0 Å². The maximum atomic E-state index is 13.6. The number of methoxy groups -OCH3 is 1. The molecule has 32 heavy (non-hydrogen) atoms. The third kappa shape index (κ3) is 6.23. The number of hydrogen-bond donors (Lipinski definition) is 0. The fourth-order valence-electron chi connectivity index (χ4n) is 4.06. The van der Waals surface area contributed by atoms with Crippen LogP contribution in [0.5, 0.6) is 0 Å². The van der Waals surface area contributed by atoms with Gasteiger partial charge in [0.25, 0.3) is 5.91 Å². The van der Waals surface area contributed by atoms with E-state index in [0.29, 0.717) is 48.3 Å². The van der Waals surface area contributed by atoms with Gasteiger partial charge in [-0.1, -0.05) is 25.2 Å². The normalized spacial score (nSPS) is 20.1. The number of sulfone groups is 1. The van der Waals surface area contributed by atoms with Crippen LogP contribution in [0.15, 0.2) is 23.2 Å². The molecule has 176 valence electrons. The molecule has 0 aliphatic carbocycles. The minimum atomic E-state index is -3.97. The summed E-state index contributed by atoms with van der Waals surface area (Å²) in [6, 6.07) is 4.22. The van der Waals surface area contributed by atoms with Crippen molar-refractivity contribution in [1.82, 2.24) is 9.47 Å². The summed E-state index contributed by atoms with van der Waals surface area (Å²) in [6.45, 7) is 5.81. The molecule has 8 nitrogen and oxygen atoms in total. The van der Waals surface area contributed by atoms with Crippen LogP contribution in [-0.4, -0.2) is 68.0 Å². The van der Waals surface area contributed by atoms with Gasteiger partial charge in [0.05, 0.1) is 16.8 Å². The highest BCUT2D eigenvalue weighted by Crippen LogP contribution is 2.21. The molecule has 2 unspecified atom stereocenters. The first-order chi connectivity index (χ1) is 15.1. The van der Waals surface area contributed by atoms with E-state index in [-0.39, 0.29) is 4.80 Å². The molecular formula is C21H28FN3O5S2. The molecule has 0 spiro atoms. The number of thiazole rings is 1. The largest absolute Gasteiger partial charge is 0.383 e. The maximum absolute atomic E-state index is 13.6. The first-order valence-corrected chi connectivity index (χ1v) is 13.1. The first kappa shape index (κ1) is 24.5. The van der Waals surface area contributed by atoms with Gasteiger partial charge in [0.1, 0.15) is 17.3 Å². The summed E-state index contributed by atoms with van der Waals surface area (Å²) >= 11 is 1.09. The first-order valence-electron chi connectivity index (χ1n) is 10.4. The van der Waals surface area contributed by atoms with Crippen LogP contribution in [0.2, 0.25) is 0 Å². The highest BCUT2D eigenvalue weighted by molar-refractivity contribution is 7.92. The fraction of sp³-hybridized carbons (Fsp3) is 0.571. The molecule has 1 fully saturated rings. The maximum Gasteiger partial charge on any atom is 0.263 e. The molecule has 2 heterocycles. The topological polar surface area (TPSA) is 98.0 Å². The molecule has 1 saturated heterocycles. The van der Waals surface area contributed by atoms with Gasteiger partial charge in [-0.15, -0.1) is 0 Å². The monoisotopic (exact) mass is 485 g/mol. The van der Waals surface area contributed by atoms with Crippen LogP contribution in [-0.2, 0) is 30.7 Å². The van der Waals surface area contributed by atoms with E-state index in [0.717, 1.165) is 17.8 Å². The van der Waals surface area contributed by atoms with E-state index in [1.54, 1.807) is 15.5 Å². The molecule has 0 saturated carbocycles. The van der Waals surface area contributed by atoms with Crippen LogP contribution in [0.25, 0.3) is 10.2 Å². The van der Waals surface area contributed by atoms with Crippen molar-refractivity contribution in [2.24, 2.45) is 16.8 Å². The van der Waals surface area contributed by atoms with Crippen LogP contribution >= 0.6 is 11.3 Å². The quantitative estimate of drug-likeness (QED) is 0.596. The summed E-state index contributed by atoms with van der Waals surface area (Å²) < 4.78 is 46.0. The number of amides is 2. The van der Waals surface area contributed by atoms with Gasteiger partial charge in [0.15, 0.2) is 14.6 Å². The van der Waals surface area contributed by atoms with Crippen molar-refractivity contribution in [2.75, 3.05) is 38.3 Å². The van der Waals surface area contributed by atoms with Crippen molar-refractivity contribution < 1.29 is 27.1 Å². The van der Waals surface area contributed by atoms with E-state index in [4.69, 9.17) is 4.74 Å². The Hall–Kier alpha value is -2.11. The van der Waals surface area contributed by atoms with Gasteiger partial charge in [-0.3, -0.25) is 9.59 Å². The van der Waals surface area contributed by atoms with Crippen LogP contribution < -0.4 is 4.80 Å². The molecule has 1 aromatic carbocycles. The molecule has 0 N–H and O–H groups in total. The van der Waals surface area contributed by atoms with Gasteiger partial charge in [-0.25, -0.2) is 12.8 Å². The van der Waals surface area contributed by atoms with E-state index < -0.39 is 39.0 Å². The highest BCUT2D eigenvalue weighted by atomic mass is 32.2. The van der Waals surface area contributed by atoms with E-state index in [1.165, 1.54) is 19.2 Å². The van der Waals surface area contributed by atoms with E-state index in [2.05, 4.69) is 4.99 Å². The average molecular weight is 486 g/mol. The van der Waals surface area contributed by atoms with Crippen LogP contribution in [0.4, 0.5) is 4.39 Å². The zero-order chi connectivity index (χ0) is 23.5. The Morgan fingerprint density at radius 1 is 1.22 bits per heavy atom. The van der Waals surface area contributed by atoms with Crippen molar-refractivity contribution in [3.05, 3.63) is 28.8 Å². The smallest absolute Gasteiger partial charge is 0.263 e. The Labute approximate surface area is 190 Å². The number of piperidine rings is 1. The lowest BCUT2D eigenvalue weighted by Crippen LogP contribution is -2.45. The number of hydrogen-bond acceptors (Lipinski definition) is 6. The van der Waals surface area contributed by atoms with Crippen molar-refractivity contribution >= 4 is 43.2 Å². The summed E-state index contributed by atoms with van der Waals surface area (Å²) in [7, 11) is -2.44. The molecule has 1 aromatic heterocycles. The minimum Gasteiger partial charge on any atom is -0.383 e. The van der Waals surface area contributed by atoms with E-state index in [9.17, 15) is 22.4 Å². The summed E-state index contributed by atoms with van der Waals surface area (Å²) in [6.07, 6.45) is 0.996. The number of carbonyl (C=O) groups excluding carboxylic acids is 2. The zero-order valence-electron chi connectivity index (χ0n) is 18.4. The van der Waals surface area contributed by atoms with Crippen LogP contribution in [0, 0.1) is 17.7 Å². The molecule has 2 atom stereocenters. The SMILES string of the molecule is COCCn1c(=NC(=O)CS(=O)(=O)CC(=O)N2CC(C)CC(C)C2)sc2cc(F)ccc21.